The highest BCUT2D eigenvalue weighted by molar-refractivity contribution is 6.43. The van der Waals surface area contributed by atoms with Gasteiger partial charge in [-0.05, 0) is 30.9 Å². The Kier molecular flexibility index (Phi) is 8.31. The number of nitrogens with one attached hydrogen (secondary N) is 1. The minimum atomic E-state index is -0.566. The van der Waals surface area contributed by atoms with Gasteiger partial charge in [0.1, 0.15) is 0 Å². The molecule has 0 fully saturated rings. The molecule has 1 atom stereocenters. The van der Waals surface area contributed by atoms with Crippen LogP contribution in [0.1, 0.15) is 26.7 Å². The first-order valence-corrected chi connectivity index (χ1v) is 7.70. The number of benzene rings is 1. The summed E-state index contributed by atoms with van der Waals surface area (Å²) in [7, 11) is 0. The Balaban J connectivity index is 2.19. The standard InChI is InChI=1S/C15H23Cl2NO2/c1-11(2)5-4-8-20-10-12(19)9-18-14-7-3-6-13(16)15(14)17/h3,6-7,11-12,18-19H,4-5,8-10H2,1-2H3. The molecule has 0 aromatic heterocycles. The Morgan fingerprint density at radius 2 is 2.05 bits per heavy atom. The Morgan fingerprint density at radius 3 is 2.75 bits per heavy atom. The molecule has 0 heterocycles. The largest absolute Gasteiger partial charge is 0.389 e. The quantitative estimate of drug-likeness (QED) is 0.670. The first-order chi connectivity index (χ1) is 9.50. The van der Waals surface area contributed by atoms with Gasteiger partial charge in [-0.3, -0.25) is 0 Å². The smallest absolute Gasteiger partial charge is 0.0945 e. The molecule has 0 aliphatic carbocycles. The number of hydrogen-bond donors (Lipinski definition) is 2. The summed E-state index contributed by atoms with van der Waals surface area (Å²) in [6, 6.07) is 5.36. The second-order valence-corrected chi connectivity index (χ2v) is 6.03. The van der Waals surface area contributed by atoms with E-state index in [1.807, 2.05) is 12.1 Å². The van der Waals surface area contributed by atoms with E-state index in [2.05, 4.69) is 19.2 Å². The van der Waals surface area contributed by atoms with Crippen molar-refractivity contribution < 1.29 is 9.84 Å². The van der Waals surface area contributed by atoms with Crippen LogP contribution in [-0.2, 0) is 4.74 Å². The Bertz CT molecular complexity index is 399. The van der Waals surface area contributed by atoms with Gasteiger partial charge in [-0.2, -0.15) is 0 Å². The molecule has 0 bridgehead atoms. The number of hydrogen-bond acceptors (Lipinski definition) is 3. The lowest BCUT2D eigenvalue weighted by Crippen LogP contribution is -2.25. The van der Waals surface area contributed by atoms with E-state index in [0.717, 1.165) is 18.5 Å². The predicted molar refractivity (Wildman–Crippen MR) is 85.8 cm³/mol. The molecule has 1 unspecified atom stereocenters. The molecule has 0 radical (unpaired) electrons. The molecule has 1 aromatic carbocycles. The predicted octanol–water partition coefficient (Wildman–Crippen LogP) is 4.22. The third-order valence-corrected chi connectivity index (χ3v) is 3.68. The molecule has 3 nitrogen and oxygen atoms in total. The number of ether oxygens (including phenoxy) is 1. The van der Waals surface area contributed by atoms with Gasteiger partial charge in [-0.25, -0.2) is 0 Å². The van der Waals surface area contributed by atoms with Gasteiger partial charge in [0.25, 0.3) is 0 Å². The highest BCUT2D eigenvalue weighted by Gasteiger charge is 2.07. The van der Waals surface area contributed by atoms with Gasteiger partial charge in [0.05, 0.1) is 28.4 Å². The third-order valence-electron chi connectivity index (χ3n) is 2.86. The SMILES string of the molecule is CC(C)CCCOCC(O)CNc1cccc(Cl)c1Cl. The average molecular weight is 320 g/mol. The van der Waals surface area contributed by atoms with E-state index in [9.17, 15) is 5.11 Å². The van der Waals surface area contributed by atoms with Crippen LogP contribution in [0.5, 0.6) is 0 Å². The van der Waals surface area contributed by atoms with Crippen LogP contribution in [0.2, 0.25) is 10.0 Å². The van der Waals surface area contributed by atoms with Crippen molar-refractivity contribution in [1.29, 1.82) is 0 Å². The monoisotopic (exact) mass is 319 g/mol. The Labute approximate surface area is 131 Å². The molecule has 20 heavy (non-hydrogen) atoms. The summed E-state index contributed by atoms with van der Waals surface area (Å²) in [5, 5.41) is 13.8. The molecule has 0 saturated carbocycles. The Morgan fingerprint density at radius 1 is 1.30 bits per heavy atom. The maximum atomic E-state index is 9.82. The second kappa shape index (κ2) is 9.46. The number of halogens is 2. The van der Waals surface area contributed by atoms with Crippen LogP contribution < -0.4 is 5.32 Å². The minimum Gasteiger partial charge on any atom is -0.389 e. The topological polar surface area (TPSA) is 41.5 Å². The van der Waals surface area contributed by atoms with Crippen LogP contribution in [0.15, 0.2) is 18.2 Å². The molecule has 0 aliphatic rings. The van der Waals surface area contributed by atoms with Gasteiger partial charge in [0.2, 0.25) is 0 Å². The molecule has 1 rings (SSSR count). The van der Waals surface area contributed by atoms with Crippen LogP contribution in [0.3, 0.4) is 0 Å². The molecule has 0 saturated heterocycles. The molecule has 2 N–H and O–H groups in total. The average Bonchev–Trinajstić information content (AvgIpc) is 2.39. The van der Waals surface area contributed by atoms with Crippen LogP contribution in [-0.4, -0.2) is 31.0 Å². The first-order valence-electron chi connectivity index (χ1n) is 6.94. The van der Waals surface area contributed by atoms with E-state index >= 15 is 0 Å². The number of aliphatic hydroxyl groups excluding tert-OH is 1. The van der Waals surface area contributed by atoms with E-state index in [0.29, 0.717) is 35.7 Å². The van der Waals surface area contributed by atoms with Crippen molar-refractivity contribution in [2.24, 2.45) is 5.92 Å². The maximum absolute atomic E-state index is 9.82. The van der Waals surface area contributed by atoms with Gasteiger partial charge in [-0.1, -0.05) is 43.1 Å². The summed E-state index contributed by atoms with van der Waals surface area (Å²) in [6.45, 7) is 5.77. The van der Waals surface area contributed by atoms with Gasteiger partial charge in [-0.15, -0.1) is 0 Å². The summed E-state index contributed by atoms with van der Waals surface area (Å²) in [6.07, 6.45) is 1.61. The zero-order valence-electron chi connectivity index (χ0n) is 12.0. The highest BCUT2D eigenvalue weighted by atomic mass is 35.5. The summed E-state index contributed by atoms with van der Waals surface area (Å²) in [4.78, 5) is 0. The fraction of sp³-hybridized carbons (Fsp3) is 0.600. The van der Waals surface area contributed by atoms with Gasteiger partial charge in [0.15, 0.2) is 0 Å². The summed E-state index contributed by atoms with van der Waals surface area (Å²) >= 11 is 12.0. The molecule has 114 valence electrons. The molecule has 0 spiro atoms. The van der Waals surface area contributed by atoms with Gasteiger partial charge in [0, 0.05) is 13.2 Å². The number of rotatable bonds is 9. The fourth-order valence-corrected chi connectivity index (χ4v) is 2.11. The first kappa shape index (κ1) is 17.6. The highest BCUT2D eigenvalue weighted by Crippen LogP contribution is 2.29. The van der Waals surface area contributed by atoms with Crippen molar-refractivity contribution >= 4 is 28.9 Å². The summed E-state index contributed by atoms with van der Waals surface area (Å²) < 4.78 is 5.44. The van der Waals surface area contributed by atoms with Gasteiger partial charge >= 0.3 is 0 Å². The number of anilines is 1. The maximum Gasteiger partial charge on any atom is 0.0945 e. The third kappa shape index (κ3) is 6.80. The molecule has 5 heteroatoms. The van der Waals surface area contributed by atoms with Crippen molar-refractivity contribution in [3.05, 3.63) is 28.2 Å². The summed E-state index contributed by atoms with van der Waals surface area (Å²) in [5.74, 6) is 0.690. The van der Waals surface area contributed by atoms with Crippen LogP contribution in [0.4, 0.5) is 5.69 Å². The Hall–Kier alpha value is -0.480. The van der Waals surface area contributed by atoms with E-state index in [4.69, 9.17) is 27.9 Å². The van der Waals surface area contributed by atoms with Crippen molar-refractivity contribution in [1.82, 2.24) is 0 Å². The minimum absolute atomic E-state index is 0.323. The lowest BCUT2D eigenvalue weighted by Gasteiger charge is -2.14. The second-order valence-electron chi connectivity index (χ2n) is 5.25. The van der Waals surface area contributed by atoms with E-state index in [1.54, 1.807) is 6.07 Å². The fourth-order valence-electron chi connectivity index (χ4n) is 1.74. The zero-order chi connectivity index (χ0) is 15.0. The molecule has 1 aromatic rings. The van der Waals surface area contributed by atoms with Gasteiger partial charge < -0.3 is 15.2 Å². The van der Waals surface area contributed by atoms with Crippen LogP contribution in [0, 0.1) is 5.92 Å². The molecular weight excluding hydrogens is 297 g/mol. The normalized spacial score (nSPS) is 12.7. The van der Waals surface area contributed by atoms with Crippen molar-refractivity contribution in [3.8, 4) is 0 Å². The summed E-state index contributed by atoms with van der Waals surface area (Å²) in [5.41, 5.74) is 0.720. The van der Waals surface area contributed by atoms with Crippen LogP contribution in [0.25, 0.3) is 0 Å². The van der Waals surface area contributed by atoms with Crippen molar-refractivity contribution in [2.75, 3.05) is 25.1 Å². The lowest BCUT2D eigenvalue weighted by molar-refractivity contribution is 0.0409. The molecule has 0 amide bonds. The lowest BCUT2D eigenvalue weighted by atomic mass is 10.1. The van der Waals surface area contributed by atoms with E-state index in [-0.39, 0.29) is 0 Å². The molecule has 0 aliphatic heterocycles. The van der Waals surface area contributed by atoms with E-state index < -0.39 is 6.10 Å². The van der Waals surface area contributed by atoms with Crippen LogP contribution >= 0.6 is 23.2 Å². The number of aliphatic hydroxyl groups is 1. The molecular formula is C15H23Cl2NO2. The van der Waals surface area contributed by atoms with Crippen molar-refractivity contribution in [3.63, 3.8) is 0 Å². The van der Waals surface area contributed by atoms with E-state index in [1.165, 1.54) is 0 Å². The zero-order valence-corrected chi connectivity index (χ0v) is 13.5. The van der Waals surface area contributed by atoms with Crippen molar-refractivity contribution in [2.45, 2.75) is 32.8 Å².